The van der Waals surface area contributed by atoms with Gasteiger partial charge in [0.25, 0.3) is 5.91 Å². The highest BCUT2D eigenvalue weighted by Crippen LogP contribution is 2.26. The summed E-state index contributed by atoms with van der Waals surface area (Å²) in [4.78, 5) is 26.1. The maximum absolute atomic E-state index is 12.6. The SMILES string of the molecule is Cc1nc(C(=O)NCCC2(O)CCOCC2)nc(N2CC[C@@H](N(C)C)C2)c1C. The van der Waals surface area contributed by atoms with E-state index in [9.17, 15) is 9.90 Å². The highest BCUT2D eigenvalue weighted by atomic mass is 16.5. The molecule has 3 rings (SSSR count). The number of nitrogens with zero attached hydrogens (tertiary/aromatic N) is 4. The first-order valence-corrected chi connectivity index (χ1v) is 10.1. The molecule has 0 aliphatic carbocycles. The number of likely N-dealkylation sites (N-methyl/N-ethyl adjacent to an activating group) is 1. The molecule has 0 radical (unpaired) electrons. The van der Waals surface area contributed by atoms with Gasteiger partial charge in [0.15, 0.2) is 0 Å². The van der Waals surface area contributed by atoms with E-state index in [-0.39, 0.29) is 11.7 Å². The molecule has 0 bridgehead atoms. The maximum Gasteiger partial charge on any atom is 0.289 e. The Morgan fingerprint density at radius 3 is 2.68 bits per heavy atom. The number of ether oxygens (including phenoxy) is 1. The lowest BCUT2D eigenvalue weighted by Gasteiger charge is -2.32. The molecule has 156 valence electrons. The van der Waals surface area contributed by atoms with E-state index in [0.717, 1.165) is 36.6 Å². The molecule has 0 unspecified atom stereocenters. The molecule has 1 aromatic rings. The Morgan fingerprint density at radius 2 is 2.04 bits per heavy atom. The largest absolute Gasteiger partial charge is 0.390 e. The molecule has 1 amide bonds. The second kappa shape index (κ2) is 8.71. The van der Waals surface area contributed by atoms with Gasteiger partial charge in [-0.1, -0.05) is 0 Å². The number of hydrogen-bond acceptors (Lipinski definition) is 7. The zero-order chi connectivity index (χ0) is 20.3. The number of aliphatic hydroxyl groups is 1. The summed E-state index contributed by atoms with van der Waals surface area (Å²) < 4.78 is 5.30. The van der Waals surface area contributed by atoms with Crippen LogP contribution in [0.1, 0.15) is 47.6 Å². The summed E-state index contributed by atoms with van der Waals surface area (Å²) in [5.41, 5.74) is 1.09. The van der Waals surface area contributed by atoms with E-state index in [1.54, 1.807) is 0 Å². The second-order valence-electron chi connectivity index (χ2n) is 8.28. The standard InChI is InChI=1S/C20H33N5O3/c1-14-15(2)22-17(23-18(14)25-10-5-16(13-25)24(3)4)19(26)21-9-6-20(27)7-11-28-12-8-20/h16,27H,5-13H2,1-4H3,(H,21,26)/t16-/m1/s1. The van der Waals surface area contributed by atoms with E-state index in [1.807, 2.05) is 13.8 Å². The van der Waals surface area contributed by atoms with Gasteiger partial charge < -0.3 is 25.0 Å². The van der Waals surface area contributed by atoms with Gasteiger partial charge in [-0.2, -0.15) is 0 Å². The third-order valence-electron chi connectivity index (χ3n) is 6.06. The number of carbonyl (C=O) groups excluding carboxylic acids is 1. The summed E-state index contributed by atoms with van der Waals surface area (Å²) in [7, 11) is 4.19. The van der Waals surface area contributed by atoms with Gasteiger partial charge in [0.05, 0.1) is 5.60 Å². The topological polar surface area (TPSA) is 90.8 Å². The number of amides is 1. The molecule has 8 heteroatoms. The molecule has 1 atom stereocenters. The summed E-state index contributed by atoms with van der Waals surface area (Å²) in [5.74, 6) is 0.763. The third kappa shape index (κ3) is 4.79. The van der Waals surface area contributed by atoms with Crippen LogP contribution in [-0.4, -0.2) is 84.5 Å². The number of rotatable bonds is 6. The van der Waals surface area contributed by atoms with Crippen LogP contribution in [0.3, 0.4) is 0 Å². The van der Waals surface area contributed by atoms with Gasteiger partial charge in [-0.25, -0.2) is 9.97 Å². The van der Waals surface area contributed by atoms with E-state index in [2.05, 4.69) is 39.2 Å². The number of anilines is 1. The van der Waals surface area contributed by atoms with Crippen LogP contribution >= 0.6 is 0 Å². The highest BCUT2D eigenvalue weighted by molar-refractivity contribution is 5.91. The lowest BCUT2D eigenvalue weighted by molar-refractivity contribution is -0.0670. The van der Waals surface area contributed by atoms with E-state index >= 15 is 0 Å². The van der Waals surface area contributed by atoms with Crippen molar-refractivity contribution in [2.24, 2.45) is 0 Å². The minimum atomic E-state index is -0.752. The molecule has 3 heterocycles. The van der Waals surface area contributed by atoms with Crippen molar-refractivity contribution in [3.05, 3.63) is 17.1 Å². The Hall–Kier alpha value is -1.77. The predicted molar refractivity (Wildman–Crippen MR) is 108 cm³/mol. The van der Waals surface area contributed by atoms with Crippen molar-refractivity contribution in [1.29, 1.82) is 0 Å². The normalized spacial score (nSPS) is 21.9. The molecule has 0 saturated carbocycles. The first-order valence-electron chi connectivity index (χ1n) is 10.1. The fourth-order valence-corrected chi connectivity index (χ4v) is 3.87. The van der Waals surface area contributed by atoms with Crippen LogP contribution in [0, 0.1) is 13.8 Å². The van der Waals surface area contributed by atoms with Crippen LogP contribution in [0.2, 0.25) is 0 Å². The van der Waals surface area contributed by atoms with Gasteiger partial charge in [-0.3, -0.25) is 4.79 Å². The van der Waals surface area contributed by atoms with Gasteiger partial charge in [0.1, 0.15) is 5.82 Å². The molecule has 8 nitrogen and oxygen atoms in total. The summed E-state index contributed by atoms with van der Waals surface area (Å²) in [6.07, 6.45) is 2.81. The van der Waals surface area contributed by atoms with E-state index in [4.69, 9.17) is 4.74 Å². The van der Waals surface area contributed by atoms with Gasteiger partial charge in [-0.05, 0) is 53.6 Å². The van der Waals surface area contributed by atoms with Crippen molar-refractivity contribution in [3.8, 4) is 0 Å². The summed E-state index contributed by atoms with van der Waals surface area (Å²) in [6.45, 7) is 7.29. The Labute approximate surface area is 167 Å². The van der Waals surface area contributed by atoms with Gasteiger partial charge in [0, 0.05) is 50.1 Å². The first-order chi connectivity index (χ1) is 13.3. The molecular formula is C20H33N5O3. The summed E-state index contributed by atoms with van der Waals surface area (Å²) >= 11 is 0. The molecule has 2 saturated heterocycles. The fraction of sp³-hybridized carbons (Fsp3) is 0.750. The smallest absolute Gasteiger partial charge is 0.289 e. The minimum Gasteiger partial charge on any atom is -0.390 e. The summed E-state index contributed by atoms with van der Waals surface area (Å²) in [5, 5.41) is 13.4. The minimum absolute atomic E-state index is 0.199. The number of aromatic nitrogens is 2. The van der Waals surface area contributed by atoms with Crippen molar-refractivity contribution < 1.29 is 14.6 Å². The van der Waals surface area contributed by atoms with Crippen LogP contribution in [0.15, 0.2) is 0 Å². The Balaban J connectivity index is 1.65. The predicted octanol–water partition coefficient (Wildman–Crippen LogP) is 0.895. The Kier molecular flexibility index (Phi) is 6.52. The van der Waals surface area contributed by atoms with Crippen LogP contribution in [0.4, 0.5) is 5.82 Å². The van der Waals surface area contributed by atoms with Crippen molar-refractivity contribution >= 4 is 11.7 Å². The van der Waals surface area contributed by atoms with Crippen molar-refractivity contribution in [2.75, 3.05) is 51.8 Å². The molecular weight excluding hydrogens is 358 g/mol. The molecule has 28 heavy (non-hydrogen) atoms. The first kappa shape index (κ1) is 21.0. The van der Waals surface area contributed by atoms with E-state index < -0.39 is 5.60 Å². The lowest BCUT2D eigenvalue weighted by atomic mass is 9.91. The summed E-state index contributed by atoms with van der Waals surface area (Å²) in [6, 6.07) is 0.493. The second-order valence-corrected chi connectivity index (χ2v) is 8.28. The van der Waals surface area contributed by atoms with Crippen molar-refractivity contribution in [2.45, 2.75) is 51.2 Å². The molecule has 2 fully saturated rings. The zero-order valence-corrected chi connectivity index (χ0v) is 17.5. The lowest BCUT2D eigenvalue weighted by Crippen LogP contribution is -2.40. The average Bonchev–Trinajstić information content (AvgIpc) is 3.14. The van der Waals surface area contributed by atoms with Gasteiger partial charge >= 0.3 is 0 Å². The van der Waals surface area contributed by atoms with E-state index in [1.165, 1.54) is 0 Å². The third-order valence-corrected chi connectivity index (χ3v) is 6.06. The number of hydrogen-bond donors (Lipinski definition) is 2. The van der Waals surface area contributed by atoms with Crippen molar-refractivity contribution in [1.82, 2.24) is 20.2 Å². The Morgan fingerprint density at radius 1 is 1.32 bits per heavy atom. The van der Waals surface area contributed by atoms with Crippen LogP contribution < -0.4 is 10.2 Å². The maximum atomic E-state index is 12.6. The van der Waals surface area contributed by atoms with Gasteiger partial charge in [-0.15, -0.1) is 0 Å². The monoisotopic (exact) mass is 391 g/mol. The number of nitrogens with one attached hydrogen (secondary N) is 1. The fourth-order valence-electron chi connectivity index (χ4n) is 3.87. The van der Waals surface area contributed by atoms with Crippen LogP contribution in [0.5, 0.6) is 0 Å². The highest BCUT2D eigenvalue weighted by Gasteiger charge is 2.30. The average molecular weight is 392 g/mol. The Bertz CT molecular complexity index is 703. The molecule has 2 aliphatic heterocycles. The molecule has 0 aromatic carbocycles. The van der Waals surface area contributed by atoms with Crippen LogP contribution in [0.25, 0.3) is 0 Å². The van der Waals surface area contributed by atoms with Crippen LogP contribution in [-0.2, 0) is 4.74 Å². The van der Waals surface area contributed by atoms with Crippen molar-refractivity contribution in [3.63, 3.8) is 0 Å². The van der Waals surface area contributed by atoms with E-state index in [0.29, 0.717) is 45.1 Å². The molecule has 0 spiro atoms. The quantitative estimate of drug-likeness (QED) is 0.744. The molecule has 1 aromatic heterocycles. The number of aryl methyl sites for hydroxylation is 1. The number of carbonyl (C=O) groups is 1. The van der Waals surface area contributed by atoms with Gasteiger partial charge in [0.2, 0.25) is 5.82 Å². The molecule has 2 N–H and O–H groups in total. The zero-order valence-electron chi connectivity index (χ0n) is 17.5. The molecule has 2 aliphatic rings.